The highest BCUT2D eigenvalue weighted by molar-refractivity contribution is 9.11. The molecule has 0 saturated heterocycles. The zero-order valence-electron chi connectivity index (χ0n) is 47.6. The number of hydrogen-bond acceptors (Lipinski definition) is 18. The number of nitrogens with zero attached hydrogens (tertiary/aromatic N) is 4. The van der Waals surface area contributed by atoms with Gasteiger partial charge in [-0.1, -0.05) is 168 Å². The Labute approximate surface area is 597 Å². The quantitative estimate of drug-likeness (QED) is 0.0450. The molecule has 13 aromatic rings. The van der Waals surface area contributed by atoms with E-state index in [9.17, 15) is 24.0 Å². The van der Waals surface area contributed by atoms with E-state index in [0.29, 0.717) is 54.1 Å². The molecule has 0 amide bonds. The molecule has 0 unspecified atom stereocenters. The van der Waals surface area contributed by atoms with Crippen molar-refractivity contribution < 1.29 is 66.8 Å². The second-order valence-electron chi connectivity index (χ2n) is 19.4. The summed E-state index contributed by atoms with van der Waals surface area (Å²) in [6.45, 7) is 4.11. The topological polar surface area (TPSA) is 251 Å². The number of aryl methyl sites for hydroxylation is 2. The van der Waals surface area contributed by atoms with E-state index < -0.39 is 23.9 Å². The molecular weight excluding hydrogens is 1550 g/mol. The summed E-state index contributed by atoms with van der Waals surface area (Å²) in [5.41, 5.74) is 5.09. The average Bonchev–Trinajstić information content (AvgIpc) is 0.713. The Hall–Kier alpha value is -8.14. The van der Waals surface area contributed by atoms with E-state index in [1.807, 2.05) is 24.4 Å². The summed E-state index contributed by atoms with van der Waals surface area (Å²) in [6.07, 6.45) is 6.92. The summed E-state index contributed by atoms with van der Waals surface area (Å²) in [5.74, 6) is -2.75. The van der Waals surface area contributed by atoms with Crippen LogP contribution in [0.4, 0.5) is 0 Å². The Balaban J connectivity index is 0.000000208. The van der Waals surface area contributed by atoms with Gasteiger partial charge in [0.25, 0.3) is 6.47 Å². The normalized spacial score (nSPS) is 10.7. The fourth-order valence-corrected chi connectivity index (χ4v) is 14.4. The highest BCUT2D eigenvalue weighted by atomic mass is 79.9. The molecule has 0 saturated carbocycles. The van der Waals surface area contributed by atoms with Crippen molar-refractivity contribution in [2.24, 2.45) is 0 Å². The molecule has 0 bridgehead atoms. The number of benzene rings is 9. The Morgan fingerprint density at radius 1 is 0.400 bits per heavy atom. The van der Waals surface area contributed by atoms with E-state index in [-0.39, 0.29) is 106 Å². The number of ether oxygens (including phenoxy) is 5. The van der Waals surface area contributed by atoms with Gasteiger partial charge in [-0.05, 0) is 85.6 Å². The molecule has 0 atom stereocenters. The van der Waals surface area contributed by atoms with Crippen molar-refractivity contribution in [1.29, 1.82) is 0 Å². The minimum absolute atomic E-state index is 0. The van der Waals surface area contributed by atoms with Crippen molar-refractivity contribution in [1.82, 2.24) is 19.9 Å². The number of rotatable bonds is 8. The van der Waals surface area contributed by atoms with Crippen LogP contribution in [0.25, 0.3) is 86.7 Å². The number of methoxy groups -OCH3 is 2. The number of hydrogen-bond donors (Lipinski definition) is 0. The second kappa shape index (κ2) is 30.7. The Bertz CT molecular complexity index is 5250. The molecule has 0 spiro atoms. The first-order chi connectivity index (χ1) is 44.9. The smallest absolute Gasteiger partial charge is 0.373 e. The second-order valence-corrected chi connectivity index (χ2v) is 24.8. The van der Waals surface area contributed by atoms with Crippen molar-refractivity contribution >= 4 is 266 Å². The Morgan fingerprint density at radius 3 is 1.07 bits per heavy atom. The van der Waals surface area contributed by atoms with Gasteiger partial charge in [0.1, 0.15) is 0 Å². The van der Waals surface area contributed by atoms with Crippen molar-refractivity contribution in [3.05, 3.63) is 197 Å². The van der Waals surface area contributed by atoms with Crippen LogP contribution in [0, 0.1) is 13.8 Å². The van der Waals surface area contributed by atoms with Gasteiger partial charge in [-0.25, -0.2) is 19.2 Å². The first kappa shape index (κ1) is 72.7. The first-order valence-corrected chi connectivity index (χ1v) is 31.1. The van der Waals surface area contributed by atoms with Crippen molar-refractivity contribution in [2.75, 3.05) is 14.2 Å². The summed E-state index contributed by atoms with van der Waals surface area (Å²) >= 11 is 61.5. The molecule has 29 heteroatoms. The SMILES string of the molecule is C.COC(=O)c1cnc2c3ccc(Br)c4c(C)cnc(c5ccc(Br)c1c52)c43.COC(=O)c1cnc2c3ccc(C(=O)Oc4c(Cl)cc(Cl)cc4Cl)c4c(C)cnc(c5ccc(C(=O)Oc6c(Cl)cc(Cl)cc6Cl)c1c52)c43.O=C=O.O=C=O.O=COc1c(Cl)cc(Cl)cc1Cl. The average molecular weight is 1590 g/mol. The molecule has 95 heavy (non-hydrogen) atoms. The van der Waals surface area contributed by atoms with Gasteiger partial charge >= 0.3 is 36.2 Å². The maximum atomic E-state index is 13.8. The van der Waals surface area contributed by atoms with Crippen LogP contribution < -0.4 is 14.2 Å². The largest absolute Gasteiger partial charge is 0.465 e. The minimum Gasteiger partial charge on any atom is -0.465 e. The van der Waals surface area contributed by atoms with E-state index in [1.54, 1.807) is 37.5 Å². The Kier molecular flexibility index (Phi) is 23.5. The van der Waals surface area contributed by atoms with Crippen molar-refractivity contribution in [3.63, 3.8) is 0 Å². The number of carbonyl (C=O) groups is 5. The molecule has 9 aromatic carbocycles. The van der Waals surface area contributed by atoms with Crippen LogP contribution >= 0.6 is 136 Å². The van der Waals surface area contributed by atoms with Crippen LogP contribution in [0.2, 0.25) is 45.2 Å². The highest BCUT2D eigenvalue weighted by Crippen LogP contribution is 2.47. The van der Waals surface area contributed by atoms with E-state index in [0.717, 1.165) is 57.9 Å². The van der Waals surface area contributed by atoms with Gasteiger partial charge in [-0.15, -0.1) is 0 Å². The van der Waals surface area contributed by atoms with E-state index in [4.69, 9.17) is 153 Å². The summed E-state index contributed by atoms with van der Waals surface area (Å²) < 4.78 is 27.7. The van der Waals surface area contributed by atoms with E-state index in [1.165, 1.54) is 62.9 Å². The van der Waals surface area contributed by atoms with E-state index in [2.05, 4.69) is 59.6 Å². The van der Waals surface area contributed by atoms with Crippen molar-refractivity contribution in [2.45, 2.75) is 21.3 Å². The van der Waals surface area contributed by atoms with Gasteiger partial charge < -0.3 is 23.7 Å². The highest BCUT2D eigenvalue weighted by Gasteiger charge is 2.29. The zero-order valence-corrected chi connectivity index (χ0v) is 57.6. The molecule has 18 nitrogen and oxygen atoms in total. The number of fused-ring (bicyclic) bond motifs is 4. The van der Waals surface area contributed by atoms with Crippen LogP contribution in [-0.4, -0.2) is 76.8 Å². The number of pyridine rings is 4. The third kappa shape index (κ3) is 14.1. The fraction of sp³-hybridized carbons (Fsp3) is 0.0758. The lowest BCUT2D eigenvalue weighted by Gasteiger charge is -2.19. The number of aromatic nitrogens is 4. The van der Waals surface area contributed by atoms with Gasteiger partial charge in [0, 0.05) is 113 Å². The van der Waals surface area contributed by atoms with Crippen LogP contribution in [0.3, 0.4) is 0 Å². The monoisotopic (exact) mass is 1580 g/mol. The van der Waals surface area contributed by atoms with Gasteiger partial charge in [0.15, 0.2) is 17.2 Å². The molecule has 0 aliphatic rings. The lowest BCUT2D eigenvalue weighted by molar-refractivity contribution is -0.193. The van der Waals surface area contributed by atoms with Gasteiger partial charge in [-0.3, -0.25) is 24.7 Å². The van der Waals surface area contributed by atoms with Crippen LogP contribution in [0.1, 0.15) is 60.0 Å². The summed E-state index contributed by atoms with van der Waals surface area (Å²) in [4.78, 5) is 114. The molecule has 0 radical (unpaired) electrons. The summed E-state index contributed by atoms with van der Waals surface area (Å²) in [6, 6.07) is 23.0. The van der Waals surface area contributed by atoms with E-state index >= 15 is 0 Å². The Morgan fingerprint density at radius 2 is 0.695 bits per heavy atom. The van der Waals surface area contributed by atoms with Crippen LogP contribution in [0.5, 0.6) is 17.2 Å². The molecule has 4 aromatic heterocycles. The zero-order chi connectivity index (χ0) is 68.3. The predicted molar refractivity (Wildman–Crippen MR) is 372 cm³/mol. The third-order valence-corrected chi connectivity index (χ3v) is 17.8. The summed E-state index contributed by atoms with van der Waals surface area (Å²) in [7, 11) is 2.60. The number of esters is 4. The molecule has 0 aliphatic heterocycles. The van der Waals surface area contributed by atoms with Gasteiger partial charge in [0.2, 0.25) is 0 Å². The lowest BCUT2D eigenvalue weighted by atomic mass is 9.89. The van der Waals surface area contributed by atoms with Crippen LogP contribution in [-0.2, 0) is 33.4 Å². The van der Waals surface area contributed by atoms with Crippen molar-refractivity contribution in [3.8, 4) is 17.2 Å². The maximum absolute atomic E-state index is 13.8. The lowest BCUT2D eigenvalue weighted by Crippen LogP contribution is -2.13. The molecule has 4 heterocycles. The third-order valence-electron chi connectivity index (χ3n) is 14.1. The number of halogens is 11. The van der Waals surface area contributed by atoms with Gasteiger partial charge in [-0.2, -0.15) is 19.2 Å². The molecule has 0 fully saturated rings. The molecule has 480 valence electrons. The maximum Gasteiger partial charge on any atom is 0.373 e. The molecule has 0 N–H and O–H groups in total. The minimum atomic E-state index is -0.856. The molecule has 0 aliphatic carbocycles. The molecule has 13 rings (SSSR count). The molecular formula is C66H35Br2Cl9N4O14. The number of carbonyl (C=O) groups excluding carboxylic acids is 9. The standard InChI is InChI=1S/C35H16Cl6N2O6.C21H12Br2N2O2.C7H3Cl3O2.2CO2.CH4/c1-13-11-42-29-17-4-6-19(35(46)49-32-23(40)9-15(37)10-24(32)41)26-20(33(44)47-2)12-43-30(28(17)26)16-3-5-18(25(13)27(16)29)34(45)48-31-21(38)7-14(36)8-22(31)39;1-9-7-24-19-11-4-6-14(23)16-12(21(26)27-2)8-25-20(18(11)16)10-3-5-13(22)15(9)17(10)19;8-4-1-5(9)7(12-3-11)6(10)2-4;2*2-1-3;/h3-12H,1-2H3;3-8H,1-2H3;1-3H;;;1H4. The predicted octanol–water partition coefficient (Wildman–Crippen LogP) is 19.8. The first-order valence-electron chi connectivity index (χ1n) is 26.1. The fourth-order valence-electron chi connectivity index (χ4n) is 10.5. The van der Waals surface area contributed by atoms with Gasteiger partial charge in [0.05, 0.1) is 88.7 Å². The summed E-state index contributed by atoms with van der Waals surface area (Å²) in [5, 5.41) is 10.3. The van der Waals surface area contributed by atoms with Crippen LogP contribution in [0.15, 0.2) is 119 Å².